The number of carbonyl (C=O) groups is 1. The summed E-state index contributed by atoms with van der Waals surface area (Å²) in [6.07, 6.45) is 1.22. The highest BCUT2D eigenvalue weighted by Crippen LogP contribution is 2.19. The Hall–Kier alpha value is -2.70. The van der Waals surface area contributed by atoms with Crippen molar-refractivity contribution in [2.75, 3.05) is 24.4 Å². The molecule has 23 heavy (non-hydrogen) atoms. The van der Waals surface area contributed by atoms with E-state index in [0.29, 0.717) is 5.95 Å². The smallest absolute Gasteiger partial charge is 0.413 e. The molecular weight excluding hydrogens is 294 g/mol. The molecule has 2 rings (SSSR count). The van der Waals surface area contributed by atoms with Crippen LogP contribution in [0, 0.1) is 0 Å². The molecule has 1 amide bonds. The fourth-order valence-corrected chi connectivity index (χ4v) is 2.13. The van der Waals surface area contributed by atoms with Crippen LogP contribution in [0.4, 0.5) is 22.1 Å². The fourth-order valence-electron chi connectivity index (χ4n) is 2.13. The van der Waals surface area contributed by atoms with Crippen molar-refractivity contribution in [3.8, 4) is 0 Å². The van der Waals surface area contributed by atoms with Gasteiger partial charge in [0.05, 0.1) is 18.5 Å². The van der Waals surface area contributed by atoms with Gasteiger partial charge in [0.25, 0.3) is 0 Å². The topological polar surface area (TPSA) is 80.2 Å². The molecule has 7 heteroatoms. The number of aromatic nitrogens is 3. The second-order valence-electron chi connectivity index (χ2n) is 4.94. The molecule has 0 aliphatic carbocycles. The molecule has 7 nitrogen and oxygen atoms in total. The van der Waals surface area contributed by atoms with Gasteiger partial charge in [0.15, 0.2) is 0 Å². The van der Waals surface area contributed by atoms with E-state index in [0.717, 1.165) is 35.6 Å². The second kappa shape index (κ2) is 7.53. The van der Waals surface area contributed by atoms with Crippen molar-refractivity contribution in [1.82, 2.24) is 15.2 Å². The first-order chi connectivity index (χ1) is 11.1. The molecule has 0 saturated carbocycles. The maximum atomic E-state index is 11.5. The monoisotopic (exact) mass is 315 g/mol. The molecular formula is C16H21N5O2. The van der Waals surface area contributed by atoms with Crippen molar-refractivity contribution >= 4 is 23.4 Å². The Morgan fingerprint density at radius 2 is 1.78 bits per heavy atom. The summed E-state index contributed by atoms with van der Waals surface area (Å²) < 4.78 is 4.68. The van der Waals surface area contributed by atoms with Gasteiger partial charge in [-0.1, -0.05) is 13.8 Å². The summed E-state index contributed by atoms with van der Waals surface area (Å²) in [5, 5.41) is 11.4. The predicted molar refractivity (Wildman–Crippen MR) is 89.1 cm³/mol. The molecule has 0 atom stereocenters. The van der Waals surface area contributed by atoms with Crippen LogP contribution in [-0.4, -0.2) is 35.4 Å². The van der Waals surface area contributed by atoms with Gasteiger partial charge in [-0.05, 0) is 37.1 Å². The maximum absolute atomic E-state index is 11.5. The largest absolute Gasteiger partial charge is 0.452 e. The number of hydrogen-bond donors (Lipinski definition) is 1. The second-order valence-corrected chi connectivity index (χ2v) is 4.94. The van der Waals surface area contributed by atoms with E-state index in [-0.39, 0.29) is 0 Å². The van der Waals surface area contributed by atoms with Gasteiger partial charge in [0.2, 0.25) is 5.95 Å². The third kappa shape index (κ3) is 3.94. The normalized spacial score (nSPS) is 10.3. The number of hydrogen-bond acceptors (Lipinski definition) is 6. The van der Waals surface area contributed by atoms with E-state index in [1.54, 1.807) is 7.05 Å². The van der Waals surface area contributed by atoms with E-state index in [2.05, 4.69) is 25.2 Å². The zero-order chi connectivity index (χ0) is 16.8. The number of ether oxygens (including phenoxy) is 1. The van der Waals surface area contributed by atoms with E-state index >= 15 is 0 Å². The molecule has 2 aromatic rings. The van der Waals surface area contributed by atoms with Crippen LogP contribution in [0.1, 0.15) is 25.2 Å². The van der Waals surface area contributed by atoms with Crippen LogP contribution in [0.15, 0.2) is 24.3 Å². The van der Waals surface area contributed by atoms with Gasteiger partial charge in [0.1, 0.15) is 0 Å². The van der Waals surface area contributed by atoms with E-state index in [1.807, 2.05) is 38.1 Å². The highest BCUT2D eigenvalue weighted by Gasteiger charge is 2.11. The zero-order valence-corrected chi connectivity index (χ0v) is 13.8. The highest BCUT2D eigenvalue weighted by molar-refractivity contribution is 5.87. The lowest BCUT2D eigenvalue weighted by molar-refractivity contribution is 0.180. The molecule has 0 fully saturated rings. The standard InChI is InChI=1S/C16H21N5O2/c1-5-13-14(6-2)19-20-15(18-13)17-11-7-9-12(10-8-11)21(3)16(22)23-4/h7-10H,5-6H2,1-4H3,(H,17,18,20). The van der Waals surface area contributed by atoms with Crippen molar-refractivity contribution in [1.29, 1.82) is 0 Å². The number of carbonyl (C=O) groups excluding carboxylic acids is 1. The Morgan fingerprint density at radius 1 is 1.13 bits per heavy atom. The summed E-state index contributed by atoms with van der Waals surface area (Å²) in [7, 11) is 3.00. The number of nitrogens with one attached hydrogen (secondary N) is 1. The van der Waals surface area contributed by atoms with Crippen molar-refractivity contribution in [3.05, 3.63) is 35.7 Å². The number of aryl methyl sites for hydroxylation is 2. The first-order valence-corrected chi connectivity index (χ1v) is 7.50. The molecule has 0 spiro atoms. The Kier molecular flexibility index (Phi) is 5.46. The van der Waals surface area contributed by atoms with Gasteiger partial charge in [0, 0.05) is 18.4 Å². The van der Waals surface area contributed by atoms with Crippen LogP contribution in [0.5, 0.6) is 0 Å². The molecule has 1 aromatic heterocycles. The average Bonchev–Trinajstić information content (AvgIpc) is 2.60. The lowest BCUT2D eigenvalue weighted by Gasteiger charge is -2.16. The SMILES string of the molecule is CCc1nnc(Nc2ccc(N(C)C(=O)OC)cc2)nc1CC. The van der Waals surface area contributed by atoms with Crippen molar-refractivity contribution in [2.24, 2.45) is 0 Å². The summed E-state index contributed by atoms with van der Waals surface area (Å²) in [4.78, 5) is 17.4. The number of nitrogens with zero attached hydrogens (tertiary/aromatic N) is 4. The minimum absolute atomic E-state index is 0.416. The molecule has 0 aliphatic heterocycles. The number of benzene rings is 1. The molecule has 0 aliphatic rings. The van der Waals surface area contributed by atoms with Crippen LogP contribution in [0.2, 0.25) is 0 Å². The number of methoxy groups -OCH3 is 1. The Morgan fingerprint density at radius 3 is 2.35 bits per heavy atom. The summed E-state index contributed by atoms with van der Waals surface area (Å²) in [5.74, 6) is 0.466. The molecule has 0 radical (unpaired) electrons. The Balaban J connectivity index is 2.13. The van der Waals surface area contributed by atoms with Gasteiger partial charge < -0.3 is 10.1 Å². The minimum atomic E-state index is -0.416. The Labute approximate surface area is 135 Å². The third-order valence-corrected chi connectivity index (χ3v) is 3.47. The molecule has 1 N–H and O–H groups in total. The van der Waals surface area contributed by atoms with Gasteiger partial charge >= 0.3 is 6.09 Å². The first-order valence-electron chi connectivity index (χ1n) is 7.50. The van der Waals surface area contributed by atoms with Crippen molar-refractivity contribution in [2.45, 2.75) is 26.7 Å². The number of amides is 1. The van der Waals surface area contributed by atoms with Crippen LogP contribution >= 0.6 is 0 Å². The van der Waals surface area contributed by atoms with Gasteiger partial charge in [-0.15, -0.1) is 10.2 Å². The van der Waals surface area contributed by atoms with Crippen LogP contribution < -0.4 is 10.2 Å². The first kappa shape index (κ1) is 16.7. The van der Waals surface area contributed by atoms with Crippen molar-refractivity contribution in [3.63, 3.8) is 0 Å². The predicted octanol–water partition coefficient (Wildman–Crippen LogP) is 2.94. The lowest BCUT2D eigenvalue weighted by atomic mass is 10.2. The Bertz CT molecular complexity index is 673. The molecule has 0 bridgehead atoms. The molecule has 122 valence electrons. The van der Waals surface area contributed by atoms with Gasteiger partial charge in [-0.2, -0.15) is 0 Å². The average molecular weight is 315 g/mol. The van der Waals surface area contributed by atoms with E-state index < -0.39 is 6.09 Å². The van der Waals surface area contributed by atoms with Gasteiger partial charge in [-0.3, -0.25) is 4.90 Å². The molecule has 1 heterocycles. The van der Waals surface area contributed by atoms with Crippen LogP contribution in [-0.2, 0) is 17.6 Å². The lowest BCUT2D eigenvalue weighted by Crippen LogP contribution is -2.25. The summed E-state index contributed by atoms with van der Waals surface area (Å²) in [5.41, 5.74) is 3.43. The quantitative estimate of drug-likeness (QED) is 0.913. The molecule has 0 unspecified atom stereocenters. The third-order valence-electron chi connectivity index (χ3n) is 3.47. The fraction of sp³-hybridized carbons (Fsp3) is 0.375. The zero-order valence-electron chi connectivity index (χ0n) is 13.8. The molecule has 1 aromatic carbocycles. The van der Waals surface area contributed by atoms with E-state index in [4.69, 9.17) is 0 Å². The van der Waals surface area contributed by atoms with E-state index in [1.165, 1.54) is 12.0 Å². The van der Waals surface area contributed by atoms with Crippen molar-refractivity contribution < 1.29 is 9.53 Å². The molecule has 0 saturated heterocycles. The summed E-state index contributed by atoms with van der Waals surface area (Å²) in [6.45, 7) is 4.08. The highest BCUT2D eigenvalue weighted by atomic mass is 16.5. The number of anilines is 3. The summed E-state index contributed by atoms with van der Waals surface area (Å²) >= 11 is 0. The summed E-state index contributed by atoms with van der Waals surface area (Å²) in [6, 6.07) is 7.32. The van der Waals surface area contributed by atoms with Gasteiger partial charge in [-0.25, -0.2) is 9.78 Å². The van der Waals surface area contributed by atoms with Crippen LogP contribution in [0.25, 0.3) is 0 Å². The minimum Gasteiger partial charge on any atom is -0.452 e. The van der Waals surface area contributed by atoms with Crippen LogP contribution in [0.3, 0.4) is 0 Å². The maximum Gasteiger partial charge on any atom is 0.413 e. The van der Waals surface area contributed by atoms with E-state index in [9.17, 15) is 4.79 Å². The number of rotatable bonds is 5.